The van der Waals surface area contributed by atoms with Crippen LogP contribution in [0.5, 0.6) is 0 Å². The van der Waals surface area contributed by atoms with Crippen LogP contribution in [0.25, 0.3) is 88.8 Å². The predicted molar refractivity (Wildman–Crippen MR) is 212 cm³/mol. The molecule has 11 rings (SSSR count). The molecule has 2 aromatic heterocycles. The number of benzene rings is 8. The second-order valence-electron chi connectivity index (χ2n) is 12.8. The van der Waals surface area contributed by atoms with Gasteiger partial charge in [-0.25, -0.2) is 15.0 Å². The van der Waals surface area contributed by atoms with Crippen LogP contribution in [0.1, 0.15) is 6.85 Å². The van der Waals surface area contributed by atoms with Gasteiger partial charge in [-0.3, -0.25) is 0 Å². The summed E-state index contributed by atoms with van der Waals surface area (Å²) in [5.74, 6) is 0.484. The molecule has 0 unspecified atom stereocenters. The second-order valence-corrected chi connectivity index (χ2v) is 12.8. The molecule has 0 atom stereocenters. The largest absolute Gasteiger partial charge is 0.455 e. The van der Waals surface area contributed by atoms with Crippen LogP contribution < -0.4 is 4.90 Å². The van der Waals surface area contributed by atoms with Gasteiger partial charge in [0, 0.05) is 43.9 Å². The van der Waals surface area contributed by atoms with Crippen molar-refractivity contribution in [1.29, 1.82) is 0 Å². The van der Waals surface area contributed by atoms with Crippen LogP contribution in [0.4, 0.5) is 17.1 Å². The summed E-state index contributed by atoms with van der Waals surface area (Å²) in [6.07, 6.45) is 0. The summed E-state index contributed by atoms with van der Waals surface area (Å²) in [5.41, 5.74) is 7.85. The van der Waals surface area contributed by atoms with Crippen molar-refractivity contribution in [3.63, 3.8) is 0 Å². The van der Waals surface area contributed by atoms with E-state index in [2.05, 4.69) is 77.7 Å². The monoisotopic (exact) mass is 669 g/mol. The summed E-state index contributed by atoms with van der Waals surface area (Å²) >= 11 is 0. The van der Waals surface area contributed by atoms with E-state index in [4.69, 9.17) is 26.2 Å². The minimum atomic E-state index is -0.490. The first-order valence-corrected chi connectivity index (χ1v) is 17.0. The van der Waals surface area contributed by atoms with Crippen LogP contribution in [0.2, 0.25) is 0 Å². The average Bonchev–Trinajstić information content (AvgIpc) is 3.64. The zero-order valence-corrected chi connectivity index (χ0v) is 27.5. The van der Waals surface area contributed by atoms with E-state index in [1.165, 1.54) is 10.9 Å². The van der Waals surface area contributed by atoms with Crippen LogP contribution >= 0.6 is 0 Å². The first-order chi connectivity index (χ1) is 27.9. The molecular weight excluding hydrogens is 637 g/mol. The number of furan rings is 1. The van der Waals surface area contributed by atoms with Crippen molar-refractivity contribution in [2.75, 3.05) is 4.90 Å². The summed E-state index contributed by atoms with van der Waals surface area (Å²) in [6, 6.07) is 44.9. The third-order valence-corrected chi connectivity index (χ3v) is 9.93. The van der Waals surface area contributed by atoms with Gasteiger partial charge in [-0.15, -0.1) is 0 Å². The van der Waals surface area contributed by atoms with Gasteiger partial charge in [-0.1, -0.05) is 127 Å². The summed E-state index contributed by atoms with van der Waals surface area (Å²) < 4.78 is 48.9. The maximum Gasteiger partial charge on any atom is 0.167 e. The SMILES string of the molecule is [2H]c1c([2H])c([2H])c(-c2nc(-c3ccc(N4c5c(ccc6ccccc56)-c5cccc6cccc4c56)cc3)nc(-c3cccc4c3oc3ccccc34)n2)c([2H])c1[2H]. The van der Waals surface area contributed by atoms with Crippen LogP contribution in [0, 0.1) is 0 Å². The van der Waals surface area contributed by atoms with E-state index in [1.54, 1.807) is 0 Å². The molecule has 0 spiro atoms. The third kappa shape index (κ3) is 4.33. The Bertz CT molecular complexity index is 3290. The molecule has 0 bridgehead atoms. The Morgan fingerprint density at radius 1 is 0.481 bits per heavy atom. The molecule has 8 aromatic carbocycles. The quantitative estimate of drug-likeness (QED) is 0.187. The molecule has 0 amide bonds. The smallest absolute Gasteiger partial charge is 0.167 e. The maximum absolute atomic E-state index is 8.79. The fourth-order valence-corrected chi connectivity index (χ4v) is 7.62. The fraction of sp³-hybridized carbons (Fsp3) is 0. The molecule has 5 nitrogen and oxygen atoms in total. The zero-order chi connectivity index (χ0) is 38.5. The van der Waals surface area contributed by atoms with E-state index >= 15 is 0 Å². The van der Waals surface area contributed by atoms with Crippen molar-refractivity contribution in [1.82, 2.24) is 15.0 Å². The van der Waals surface area contributed by atoms with Gasteiger partial charge in [0.05, 0.1) is 23.8 Å². The summed E-state index contributed by atoms with van der Waals surface area (Å²) in [7, 11) is 0. The molecule has 1 aliphatic heterocycles. The molecule has 0 radical (unpaired) electrons. The fourth-order valence-electron chi connectivity index (χ4n) is 7.62. The predicted octanol–water partition coefficient (Wildman–Crippen LogP) is 12.5. The maximum atomic E-state index is 8.79. The van der Waals surface area contributed by atoms with Crippen molar-refractivity contribution >= 4 is 60.5 Å². The standard InChI is InChI=1S/C47H28N4O/c1-2-12-31(13-3-1)45-48-46(50-47(49-45)39-20-10-19-38-35-17-6-7-22-41(35)52-44(38)39)32-23-26-33(27-24-32)51-40-21-9-15-30-14-8-18-36(42(30)40)37-28-25-29-11-4-5-16-34(29)43(37)51/h1-28H/i1D,2D,3D,12D,13D. The number of nitrogens with zero attached hydrogens (tertiary/aromatic N) is 4. The van der Waals surface area contributed by atoms with Crippen molar-refractivity contribution in [3.05, 3.63) is 170 Å². The Morgan fingerprint density at radius 2 is 1.15 bits per heavy atom. The minimum absolute atomic E-state index is 0.0381. The molecule has 0 saturated heterocycles. The highest BCUT2D eigenvalue weighted by Crippen LogP contribution is 2.53. The molecule has 242 valence electrons. The van der Waals surface area contributed by atoms with Gasteiger partial charge in [0.25, 0.3) is 0 Å². The number of hydrogen-bond acceptors (Lipinski definition) is 5. The lowest BCUT2D eigenvalue weighted by Gasteiger charge is -2.34. The molecule has 10 aromatic rings. The molecular formula is C47H28N4O. The first-order valence-electron chi connectivity index (χ1n) is 19.5. The van der Waals surface area contributed by atoms with Crippen molar-refractivity contribution in [3.8, 4) is 45.3 Å². The normalized spacial score (nSPS) is 13.5. The van der Waals surface area contributed by atoms with Crippen molar-refractivity contribution in [2.24, 2.45) is 0 Å². The van der Waals surface area contributed by atoms with Gasteiger partial charge in [0.15, 0.2) is 17.5 Å². The number of rotatable bonds is 4. The summed E-state index contributed by atoms with van der Waals surface area (Å²) in [5, 5.41) is 6.43. The van der Waals surface area contributed by atoms with Gasteiger partial charge in [-0.05, 0) is 58.8 Å². The Morgan fingerprint density at radius 3 is 2.02 bits per heavy atom. The van der Waals surface area contributed by atoms with Gasteiger partial charge in [-0.2, -0.15) is 0 Å². The van der Waals surface area contributed by atoms with E-state index in [0.717, 1.165) is 49.6 Å². The van der Waals surface area contributed by atoms with Gasteiger partial charge < -0.3 is 9.32 Å². The Kier molecular flexibility index (Phi) is 5.19. The van der Waals surface area contributed by atoms with Gasteiger partial charge >= 0.3 is 0 Å². The van der Waals surface area contributed by atoms with Crippen LogP contribution in [-0.2, 0) is 0 Å². The van der Waals surface area contributed by atoms with E-state index in [-0.39, 0.29) is 23.0 Å². The number of anilines is 3. The Labute approximate surface area is 306 Å². The molecule has 0 saturated carbocycles. The van der Waals surface area contributed by atoms with E-state index in [0.29, 0.717) is 22.3 Å². The molecule has 5 heteroatoms. The molecule has 52 heavy (non-hydrogen) atoms. The Balaban J connectivity index is 1.12. The lowest BCUT2D eigenvalue weighted by atomic mass is 9.88. The number of para-hydroxylation sites is 2. The third-order valence-electron chi connectivity index (χ3n) is 9.93. The van der Waals surface area contributed by atoms with Gasteiger partial charge in [0.1, 0.15) is 11.2 Å². The average molecular weight is 670 g/mol. The number of aromatic nitrogens is 3. The number of fused-ring (bicyclic) bond motifs is 7. The lowest BCUT2D eigenvalue weighted by molar-refractivity contribution is 0.669. The van der Waals surface area contributed by atoms with Crippen LogP contribution in [-0.4, -0.2) is 15.0 Å². The Hall–Kier alpha value is -7.11. The highest BCUT2D eigenvalue weighted by atomic mass is 16.3. The highest BCUT2D eigenvalue weighted by Gasteiger charge is 2.28. The van der Waals surface area contributed by atoms with Crippen molar-refractivity contribution < 1.29 is 11.3 Å². The summed E-state index contributed by atoms with van der Waals surface area (Å²) in [4.78, 5) is 16.9. The highest BCUT2D eigenvalue weighted by molar-refractivity contribution is 6.18. The van der Waals surface area contributed by atoms with E-state index in [1.807, 2.05) is 66.7 Å². The summed E-state index contributed by atoms with van der Waals surface area (Å²) in [6.45, 7) is 0. The number of hydrogen-bond donors (Lipinski definition) is 0. The zero-order valence-electron chi connectivity index (χ0n) is 32.5. The molecule has 0 fully saturated rings. The van der Waals surface area contributed by atoms with Crippen LogP contribution in [0.3, 0.4) is 0 Å². The second kappa shape index (κ2) is 11.2. The van der Waals surface area contributed by atoms with Crippen molar-refractivity contribution in [2.45, 2.75) is 0 Å². The topological polar surface area (TPSA) is 55.1 Å². The lowest BCUT2D eigenvalue weighted by Crippen LogP contribution is -2.15. The molecule has 1 aliphatic rings. The molecule has 0 aliphatic carbocycles. The van der Waals surface area contributed by atoms with Crippen LogP contribution in [0.15, 0.2) is 174 Å². The molecule has 0 N–H and O–H groups in total. The molecule has 3 heterocycles. The van der Waals surface area contributed by atoms with E-state index < -0.39 is 30.2 Å². The van der Waals surface area contributed by atoms with Gasteiger partial charge in [0.2, 0.25) is 0 Å². The minimum Gasteiger partial charge on any atom is -0.455 e. The van der Waals surface area contributed by atoms with E-state index in [9.17, 15) is 0 Å². The first kappa shape index (κ1) is 24.1.